The lowest BCUT2D eigenvalue weighted by Gasteiger charge is -2.25. The van der Waals surface area contributed by atoms with E-state index in [1.165, 1.54) is 12.1 Å². The number of hydrogen-bond donors (Lipinski definition) is 4. The Morgan fingerprint density at radius 2 is 1.94 bits per heavy atom. The number of fused-ring (bicyclic) bond motifs is 1. The lowest BCUT2D eigenvalue weighted by Crippen LogP contribution is -2.26. The van der Waals surface area contributed by atoms with Gasteiger partial charge in [-0.05, 0) is 43.9 Å². The lowest BCUT2D eigenvalue weighted by molar-refractivity contribution is 0.329. The van der Waals surface area contributed by atoms with Gasteiger partial charge in [-0.15, -0.1) is 0 Å². The number of aromatic hydroxyl groups is 2. The van der Waals surface area contributed by atoms with E-state index in [-0.39, 0.29) is 46.0 Å². The van der Waals surface area contributed by atoms with Crippen molar-refractivity contribution in [3.05, 3.63) is 29.5 Å². The number of sulfonamides is 1. The molecule has 0 aliphatic carbocycles. The lowest BCUT2D eigenvalue weighted by atomic mass is 9.92. The fourth-order valence-corrected chi connectivity index (χ4v) is 5.88. The van der Waals surface area contributed by atoms with Gasteiger partial charge in [-0.3, -0.25) is 9.29 Å². The Kier molecular flexibility index (Phi) is 6.63. The molecule has 2 aromatic rings. The second-order valence-electron chi connectivity index (χ2n) is 9.21. The van der Waals surface area contributed by atoms with Gasteiger partial charge in [0.1, 0.15) is 5.56 Å². The summed E-state index contributed by atoms with van der Waals surface area (Å²) < 4.78 is 50.7. The molecule has 1 atom stereocenters. The standard InChI is InChI=1S/C21H31N4O6PS/c1-7-31-32(28)16-12-14(24-33(6,29)30)8-9-15(16)22-19(23-32)17-18(26)13(2)25(20(17)27)11-10-21(3,4)5/h8-9,12,24,26-27H,7,10-11H2,1-6H3,(H,22,23,28). The van der Waals surface area contributed by atoms with Crippen molar-refractivity contribution >= 4 is 40.1 Å². The molecule has 0 fully saturated rings. The summed E-state index contributed by atoms with van der Waals surface area (Å²) in [7, 11) is -7.39. The van der Waals surface area contributed by atoms with Gasteiger partial charge < -0.3 is 24.6 Å². The van der Waals surface area contributed by atoms with Crippen LogP contribution >= 0.6 is 7.52 Å². The highest BCUT2D eigenvalue weighted by Crippen LogP contribution is 2.53. The van der Waals surface area contributed by atoms with Gasteiger partial charge in [-0.1, -0.05) is 20.8 Å². The molecule has 0 spiro atoms. The van der Waals surface area contributed by atoms with Crippen molar-refractivity contribution in [3.8, 4) is 11.6 Å². The minimum absolute atomic E-state index is 0.00992. The summed E-state index contributed by atoms with van der Waals surface area (Å²) in [6, 6.07) is 4.45. The van der Waals surface area contributed by atoms with Crippen molar-refractivity contribution in [1.29, 1.82) is 0 Å². The van der Waals surface area contributed by atoms with Crippen molar-refractivity contribution in [2.24, 2.45) is 10.2 Å². The number of hydrogen-bond acceptors (Lipinski definition) is 7. The average Bonchev–Trinajstić information content (AvgIpc) is 2.87. The van der Waals surface area contributed by atoms with Gasteiger partial charge >= 0.3 is 7.52 Å². The topological polar surface area (TPSA) is 142 Å². The highest BCUT2D eigenvalue weighted by atomic mass is 32.2. The summed E-state index contributed by atoms with van der Waals surface area (Å²) in [6.45, 7) is 10.2. The average molecular weight is 499 g/mol. The fourth-order valence-electron chi connectivity index (χ4n) is 3.52. The van der Waals surface area contributed by atoms with E-state index in [0.717, 1.165) is 12.7 Å². The third kappa shape index (κ3) is 5.37. The first kappa shape index (κ1) is 25.1. The van der Waals surface area contributed by atoms with Crippen LogP contribution in [0.25, 0.3) is 0 Å². The van der Waals surface area contributed by atoms with Gasteiger partial charge in [-0.25, -0.2) is 8.42 Å². The maximum atomic E-state index is 13.7. The summed E-state index contributed by atoms with van der Waals surface area (Å²) in [6.07, 6.45) is 1.77. The predicted octanol–water partition coefficient (Wildman–Crippen LogP) is 3.74. The Morgan fingerprint density at radius 1 is 1.27 bits per heavy atom. The van der Waals surface area contributed by atoms with Crippen LogP contribution in [0.1, 0.15) is 45.4 Å². The second kappa shape index (κ2) is 8.70. The van der Waals surface area contributed by atoms with E-state index in [9.17, 15) is 23.2 Å². The zero-order chi connectivity index (χ0) is 24.8. The molecule has 1 aromatic carbocycles. The molecule has 1 aromatic heterocycles. The molecule has 182 valence electrons. The van der Waals surface area contributed by atoms with Crippen molar-refractivity contribution in [1.82, 2.24) is 4.57 Å². The Balaban J connectivity index is 2.10. The maximum Gasteiger partial charge on any atom is 0.348 e. The second-order valence-corrected chi connectivity index (χ2v) is 12.9. The van der Waals surface area contributed by atoms with E-state index in [1.807, 2.05) is 0 Å². The van der Waals surface area contributed by atoms with Gasteiger partial charge in [-0.2, -0.15) is 4.76 Å². The van der Waals surface area contributed by atoms with Gasteiger partial charge in [0.05, 0.1) is 29.5 Å². The van der Waals surface area contributed by atoms with E-state index in [0.29, 0.717) is 17.9 Å². The first-order valence-corrected chi connectivity index (χ1v) is 14.0. The van der Waals surface area contributed by atoms with Crippen LogP contribution in [0.2, 0.25) is 0 Å². The molecule has 1 aliphatic heterocycles. The molecule has 12 heteroatoms. The van der Waals surface area contributed by atoms with Crippen LogP contribution in [0.4, 0.5) is 11.4 Å². The fraction of sp³-hybridized carbons (Fsp3) is 0.476. The van der Waals surface area contributed by atoms with Gasteiger partial charge in [0, 0.05) is 12.2 Å². The molecule has 0 saturated heterocycles. The van der Waals surface area contributed by atoms with E-state index in [4.69, 9.17) is 4.52 Å². The van der Waals surface area contributed by atoms with Crippen LogP contribution in [0.3, 0.4) is 0 Å². The summed E-state index contributed by atoms with van der Waals surface area (Å²) in [5, 5.41) is 24.9. The van der Waals surface area contributed by atoms with Gasteiger partial charge in [0.25, 0.3) is 0 Å². The highest BCUT2D eigenvalue weighted by molar-refractivity contribution is 7.92. The molecular weight excluding hydrogens is 467 g/mol. The quantitative estimate of drug-likeness (QED) is 0.426. The minimum atomic E-state index is -3.85. The Hall–Kier alpha value is -2.49. The minimum Gasteiger partial charge on any atom is -0.505 e. The van der Waals surface area contributed by atoms with Crippen molar-refractivity contribution in [3.63, 3.8) is 0 Å². The highest BCUT2D eigenvalue weighted by Gasteiger charge is 2.37. The normalized spacial score (nSPS) is 18.4. The van der Waals surface area contributed by atoms with Gasteiger partial charge in [0.2, 0.25) is 15.9 Å². The van der Waals surface area contributed by atoms with E-state index in [1.54, 1.807) is 24.5 Å². The van der Waals surface area contributed by atoms with Crippen molar-refractivity contribution in [2.45, 2.75) is 47.6 Å². The van der Waals surface area contributed by atoms with Crippen LogP contribution in [-0.4, -0.2) is 41.9 Å². The summed E-state index contributed by atoms with van der Waals surface area (Å²) in [5.74, 6) is -0.354. The van der Waals surface area contributed by atoms with Gasteiger partial charge in [0.15, 0.2) is 11.6 Å². The molecule has 10 nitrogen and oxygen atoms in total. The number of rotatable bonds is 7. The molecule has 0 amide bonds. The van der Waals surface area contributed by atoms with E-state index < -0.39 is 17.5 Å². The number of nitrogens with zero attached hydrogens (tertiary/aromatic N) is 2. The van der Waals surface area contributed by atoms with Crippen molar-refractivity contribution < 1.29 is 27.7 Å². The SMILES string of the molecule is CCOP1(=O)N=C(c2c(O)c(C)n(CCC(C)(C)C)c2O)Nc2ccc(NS(C)(=O)=O)cc21. The molecule has 4 N–H and O–H groups in total. The van der Waals surface area contributed by atoms with Crippen LogP contribution in [0, 0.1) is 12.3 Å². The molecule has 1 unspecified atom stereocenters. The molecule has 0 saturated carbocycles. The van der Waals surface area contributed by atoms with Crippen molar-refractivity contribution in [2.75, 3.05) is 22.9 Å². The van der Waals surface area contributed by atoms with Crippen LogP contribution in [0.5, 0.6) is 11.6 Å². The Labute approximate surface area is 194 Å². The molecule has 3 rings (SSSR count). The zero-order valence-electron chi connectivity index (χ0n) is 19.6. The first-order chi connectivity index (χ1) is 15.1. The summed E-state index contributed by atoms with van der Waals surface area (Å²) in [4.78, 5) is 0. The number of benzene rings is 1. The number of amidine groups is 1. The number of nitrogens with one attached hydrogen (secondary N) is 2. The van der Waals surface area contributed by atoms with E-state index >= 15 is 0 Å². The Bertz CT molecular complexity index is 1260. The summed E-state index contributed by atoms with van der Waals surface area (Å²) >= 11 is 0. The van der Waals surface area contributed by atoms with Crippen LogP contribution in [-0.2, 0) is 25.7 Å². The largest absolute Gasteiger partial charge is 0.505 e. The smallest absolute Gasteiger partial charge is 0.348 e. The molecule has 0 bridgehead atoms. The maximum absolute atomic E-state index is 13.7. The molecule has 1 aliphatic rings. The first-order valence-electron chi connectivity index (χ1n) is 10.5. The molecule has 2 heterocycles. The van der Waals surface area contributed by atoms with Crippen LogP contribution in [0.15, 0.2) is 23.0 Å². The number of anilines is 2. The van der Waals surface area contributed by atoms with E-state index in [2.05, 4.69) is 35.6 Å². The number of aromatic nitrogens is 1. The monoisotopic (exact) mass is 498 g/mol. The zero-order valence-corrected chi connectivity index (χ0v) is 21.3. The predicted molar refractivity (Wildman–Crippen MR) is 131 cm³/mol. The Morgan fingerprint density at radius 3 is 2.52 bits per heavy atom. The third-order valence-corrected chi connectivity index (χ3v) is 7.84. The molecule has 0 radical (unpaired) electrons. The summed E-state index contributed by atoms with van der Waals surface area (Å²) in [5.41, 5.74) is 1.09. The van der Waals surface area contributed by atoms with Crippen LogP contribution < -0.4 is 15.3 Å². The molecular formula is C21H31N4O6PS. The molecule has 33 heavy (non-hydrogen) atoms. The third-order valence-electron chi connectivity index (χ3n) is 5.18.